The average Bonchev–Trinajstić information content (AvgIpc) is 2.67. The summed E-state index contributed by atoms with van der Waals surface area (Å²) in [7, 11) is 0. The maximum Gasteiger partial charge on any atom is 0.261 e. The van der Waals surface area contributed by atoms with Gasteiger partial charge in [0.15, 0.2) is 0 Å². The van der Waals surface area contributed by atoms with Gasteiger partial charge in [-0.15, -0.1) is 0 Å². The summed E-state index contributed by atoms with van der Waals surface area (Å²) < 4.78 is 5.64. The fourth-order valence-corrected chi connectivity index (χ4v) is 3.10. The van der Waals surface area contributed by atoms with Crippen molar-refractivity contribution in [3.8, 4) is 17.0 Å². The van der Waals surface area contributed by atoms with Crippen LogP contribution in [0.25, 0.3) is 11.3 Å². The molecule has 5 heteroatoms. The van der Waals surface area contributed by atoms with Crippen LogP contribution in [-0.2, 0) is 0 Å². The molecule has 1 amide bonds. The summed E-state index contributed by atoms with van der Waals surface area (Å²) in [6.07, 6.45) is 0.104. The molecule has 0 fully saturated rings. The van der Waals surface area contributed by atoms with Gasteiger partial charge in [0.1, 0.15) is 11.3 Å². The summed E-state index contributed by atoms with van der Waals surface area (Å²) in [5, 5.41) is 2.88. The topological polar surface area (TPSA) is 71.2 Å². The molecule has 0 radical (unpaired) electrons. The van der Waals surface area contributed by atoms with Crippen LogP contribution in [0.15, 0.2) is 65.5 Å². The maximum atomic E-state index is 12.6. The van der Waals surface area contributed by atoms with Crippen LogP contribution in [0.5, 0.6) is 5.75 Å². The zero-order valence-corrected chi connectivity index (χ0v) is 17.2. The molecule has 2 aromatic carbocycles. The first-order valence-corrected chi connectivity index (χ1v) is 9.71. The van der Waals surface area contributed by atoms with Crippen LogP contribution in [0.3, 0.4) is 0 Å². The molecule has 2 N–H and O–H groups in total. The summed E-state index contributed by atoms with van der Waals surface area (Å²) in [4.78, 5) is 27.9. The first-order chi connectivity index (χ1) is 13.8. The summed E-state index contributed by atoms with van der Waals surface area (Å²) >= 11 is 0. The van der Waals surface area contributed by atoms with Gasteiger partial charge in [-0.2, -0.15) is 0 Å². The molecule has 0 saturated carbocycles. The van der Waals surface area contributed by atoms with Crippen LogP contribution in [-0.4, -0.2) is 17.0 Å². The molecule has 5 nitrogen and oxygen atoms in total. The number of hydrogen-bond acceptors (Lipinski definition) is 3. The number of aromatic nitrogens is 1. The van der Waals surface area contributed by atoms with Crippen LogP contribution in [0.1, 0.15) is 48.3 Å². The van der Waals surface area contributed by atoms with Crippen LogP contribution in [0.2, 0.25) is 0 Å². The second kappa shape index (κ2) is 8.78. The fraction of sp³-hybridized carbons (Fsp3) is 0.250. The minimum Gasteiger partial charge on any atom is -0.491 e. The van der Waals surface area contributed by atoms with Crippen molar-refractivity contribution >= 4 is 5.91 Å². The molecule has 0 spiro atoms. The number of benzene rings is 2. The number of pyridine rings is 1. The highest BCUT2D eigenvalue weighted by atomic mass is 16.5. The maximum absolute atomic E-state index is 12.6. The Hall–Kier alpha value is -3.34. The second-order valence-corrected chi connectivity index (χ2v) is 7.42. The average molecular weight is 390 g/mol. The van der Waals surface area contributed by atoms with Crippen molar-refractivity contribution < 1.29 is 9.53 Å². The lowest BCUT2D eigenvalue weighted by Crippen LogP contribution is -2.31. The number of amides is 1. The van der Waals surface area contributed by atoms with Crippen LogP contribution in [0.4, 0.5) is 0 Å². The number of carbonyl (C=O) groups is 1. The number of rotatable bonds is 6. The van der Waals surface area contributed by atoms with Gasteiger partial charge in [-0.25, -0.2) is 0 Å². The fourth-order valence-electron chi connectivity index (χ4n) is 3.10. The van der Waals surface area contributed by atoms with Crippen molar-refractivity contribution in [3.63, 3.8) is 0 Å². The molecule has 0 bridgehead atoms. The molecule has 3 aromatic rings. The SMILES string of the molecule is Cc1cccc(-c2ccc(C(=O)NC(C)c3ccc(OC(C)C)cc3)c(=O)[nH]2)c1. The highest BCUT2D eigenvalue weighted by Gasteiger charge is 2.15. The van der Waals surface area contributed by atoms with Gasteiger partial charge in [-0.1, -0.05) is 35.9 Å². The third-order valence-corrected chi connectivity index (χ3v) is 4.58. The smallest absolute Gasteiger partial charge is 0.261 e. The van der Waals surface area contributed by atoms with Gasteiger partial charge in [-0.05, 0) is 69.2 Å². The van der Waals surface area contributed by atoms with E-state index in [1.54, 1.807) is 12.1 Å². The highest BCUT2D eigenvalue weighted by Crippen LogP contribution is 2.20. The lowest BCUT2D eigenvalue weighted by Gasteiger charge is -2.16. The number of nitrogens with one attached hydrogen (secondary N) is 2. The number of aryl methyl sites for hydroxylation is 1. The molecular weight excluding hydrogens is 364 g/mol. The van der Waals surface area contributed by atoms with E-state index in [9.17, 15) is 9.59 Å². The molecular formula is C24H26N2O3. The van der Waals surface area contributed by atoms with Crippen molar-refractivity contribution in [2.45, 2.75) is 39.8 Å². The van der Waals surface area contributed by atoms with Crippen LogP contribution in [0, 0.1) is 6.92 Å². The van der Waals surface area contributed by atoms with Gasteiger partial charge in [-0.3, -0.25) is 9.59 Å². The molecule has 3 rings (SSSR count). The first kappa shape index (κ1) is 20.4. The summed E-state index contributed by atoms with van der Waals surface area (Å²) in [5.41, 5.74) is 3.31. The molecule has 29 heavy (non-hydrogen) atoms. The Balaban J connectivity index is 1.72. The summed E-state index contributed by atoms with van der Waals surface area (Å²) in [6, 6.07) is 18.5. The molecule has 1 heterocycles. The molecule has 0 aliphatic rings. The minimum atomic E-state index is -0.408. The Morgan fingerprint density at radius 1 is 1.00 bits per heavy atom. The summed E-state index contributed by atoms with van der Waals surface area (Å²) in [6.45, 7) is 7.81. The summed E-state index contributed by atoms with van der Waals surface area (Å²) in [5.74, 6) is 0.377. The Morgan fingerprint density at radius 3 is 2.34 bits per heavy atom. The Kier molecular flexibility index (Phi) is 6.17. The monoisotopic (exact) mass is 390 g/mol. The second-order valence-electron chi connectivity index (χ2n) is 7.42. The van der Waals surface area contributed by atoms with Crippen molar-refractivity contribution in [2.75, 3.05) is 0 Å². The van der Waals surface area contributed by atoms with E-state index < -0.39 is 11.5 Å². The number of H-pyrrole nitrogens is 1. The van der Waals surface area contributed by atoms with E-state index in [0.29, 0.717) is 5.69 Å². The van der Waals surface area contributed by atoms with E-state index in [4.69, 9.17) is 4.74 Å². The normalized spacial score (nSPS) is 11.9. The number of hydrogen-bond donors (Lipinski definition) is 2. The van der Waals surface area contributed by atoms with Crippen molar-refractivity contribution in [1.29, 1.82) is 0 Å². The highest BCUT2D eigenvalue weighted by molar-refractivity contribution is 5.94. The zero-order valence-electron chi connectivity index (χ0n) is 17.2. The van der Waals surface area contributed by atoms with E-state index in [1.807, 2.05) is 76.2 Å². The zero-order chi connectivity index (χ0) is 21.0. The van der Waals surface area contributed by atoms with Crippen LogP contribution >= 0.6 is 0 Å². The Labute approximate surface area is 170 Å². The lowest BCUT2D eigenvalue weighted by atomic mass is 10.1. The Morgan fingerprint density at radius 2 is 1.72 bits per heavy atom. The third kappa shape index (κ3) is 5.13. The molecule has 1 aromatic heterocycles. The van der Waals surface area contributed by atoms with Gasteiger partial charge in [0.05, 0.1) is 12.1 Å². The van der Waals surface area contributed by atoms with E-state index in [-0.39, 0.29) is 17.7 Å². The van der Waals surface area contributed by atoms with Gasteiger partial charge in [0.25, 0.3) is 11.5 Å². The molecule has 0 aliphatic heterocycles. The van der Waals surface area contributed by atoms with Gasteiger partial charge in [0.2, 0.25) is 0 Å². The van der Waals surface area contributed by atoms with Crippen molar-refractivity contribution in [2.24, 2.45) is 0 Å². The van der Waals surface area contributed by atoms with E-state index in [2.05, 4.69) is 10.3 Å². The number of carbonyl (C=O) groups excluding carboxylic acids is 1. The lowest BCUT2D eigenvalue weighted by molar-refractivity contribution is 0.0938. The minimum absolute atomic E-state index is 0.0908. The first-order valence-electron chi connectivity index (χ1n) is 9.71. The molecule has 1 atom stereocenters. The molecule has 1 unspecified atom stereocenters. The van der Waals surface area contributed by atoms with Gasteiger partial charge < -0.3 is 15.0 Å². The van der Waals surface area contributed by atoms with Gasteiger partial charge >= 0.3 is 0 Å². The number of ether oxygens (including phenoxy) is 1. The standard InChI is InChI=1S/C24H26N2O3/c1-15(2)29-20-10-8-18(9-11-20)17(4)25-23(27)21-12-13-22(26-24(21)28)19-7-5-6-16(3)14-19/h5-15,17H,1-4H3,(H,25,27)(H,26,28). The van der Waals surface area contributed by atoms with Gasteiger partial charge in [0, 0.05) is 5.69 Å². The predicted octanol–water partition coefficient (Wildman–Crippen LogP) is 4.63. The third-order valence-electron chi connectivity index (χ3n) is 4.58. The molecule has 150 valence electrons. The quantitative estimate of drug-likeness (QED) is 0.645. The number of aromatic amines is 1. The molecule has 0 aliphatic carbocycles. The Bertz CT molecular complexity index is 1050. The van der Waals surface area contributed by atoms with Crippen molar-refractivity contribution in [1.82, 2.24) is 10.3 Å². The van der Waals surface area contributed by atoms with E-state index >= 15 is 0 Å². The van der Waals surface area contributed by atoms with E-state index in [0.717, 1.165) is 22.4 Å². The molecule has 0 saturated heterocycles. The van der Waals surface area contributed by atoms with E-state index in [1.165, 1.54) is 0 Å². The predicted molar refractivity (Wildman–Crippen MR) is 115 cm³/mol. The van der Waals surface area contributed by atoms with Crippen molar-refractivity contribution in [3.05, 3.63) is 87.7 Å². The van der Waals surface area contributed by atoms with Crippen LogP contribution < -0.4 is 15.6 Å². The largest absolute Gasteiger partial charge is 0.491 e.